The summed E-state index contributed by atoms with van der Waals surface area (Å²) < 4.78 is 56.4. The average molecular weight is 468 g/mol. The molecule has 3 aromatic rings. The number of halogens is 4. The summed E-state index contributed by atoms with van der Waals surface area (Å²) in [6, 6.07) is 14.6. The SMILES string of the molecule is CC1CCCCN1C(=Nc1ccc(F)cc1)/N=C(/Nc1ccc(F)cc1)c1c(F)cccc1F. The first-order chi connectivity index (χ1) is 16.4. The van der Waals surface area contributed by atoms with Crippen LogP contribution in [-0.4, -0.2) is 29.3 Å². The van der Waals surface area contributed by atoms with Crippen LogP contribution in [0.1, 0.15) is 31.7 Å². The third-order valence-corrected chi connectivity index (χ3v) is 5.63. The second-order valence-corrected chi connectivity index (χ2v) is 8.12. The Labute approximate surface area is 195 Å². The van der Waals surface area contributed by atoms with Crippen LogP contribution in [0.15, 0.2) is 76.7 Å². The lowest BCUT2D eigenvalue weighted by atomic mass is 10.0. The molecule has 176 valence electrons. The summed E-state index contributed by atoms with van der Waals surface area (Å²) in [7, 11) is 0. The number of likely N-dealkylation sites (tertiary alicyclic amines) is 1. The van der Waals surface area contributed by atoms with Crippen LogP contribution in [0.3, 0.4) is 0 Å². The number of aliphatic imine (C=N–C) groups is 2. The number of anilines is 1. The van der Waals surface area contributed by atoms with Crippen LogP contribution >= 0.6 is 0 Å². The fourth-order valence-electron chi connectivity index (χ4n) is 3.82. The lowest BCUT2D eigenvalue weighted by Crippen LogP contribution is -2.42. The van der Waals surface area contributed by atoms with E-state index in [0.717, 1.165) is 31.4 Å². The topological polar surface area (TPSA) is 40.0 Å². The summed E-state index contributed by atoms with van der Waals surface area (Å²) in [5, 5.41) is 2.92. The highest BCUT2D eigenvalue weighted by Crippen LogP contribution is 2.23. The molecule has 1 unspecified atom stereocenters. The van der Waals surface area contributed by atoms with Crippen LogP contribution in [0, 0.1) is 23.3 Å². The van der Waals surface area contributed by atoms with E-state index in [9.17, 15) is 17.6 Å². The summed E-state index contributed by atoms with van der Waals surface area (Å²) in [5.74, 6) is -2.32. The number of rotatable bonds is 3. The minimum Gasteiger partial charge on any atom is -0.339 e. The molecule has 34 heavy (non-hydrogen) atoms. The van der Waals surface area contributed by atoms with Crippen molar-refractivity contribution < 1.29 is 17.6 Å². The van der Waals surface area contributed by atoms with Gasteiger partial charge in [-0.25, -0.2) is 22.6 Å². The maximum Gasteiger partial charge on any atom is 0.228 e. The summed E-state index contributed by atoms with van der Waals surface area (Å²) in [6.45, 7) is 2.69. The van der Waals surface area contributed by atoms with Crippen molar-refractivity contribution in [2.45, 2.75) is 32.2 Å². The van der Waals surface area contributed by atoms with Crippen molar-refractivity contribution in [2.24, 2.45) is 9.98 Å². The molecule has 1 saturated heterocycles. The highest BCUT2D eigenvalue weighted by molar-refractivity contribution is 6.13. The van der Waals surface area contributed by atoms with E-state index in [1.54, 1.807) is 0 Å². The van der Waals surface area contributed by atoms with Gasteiger partial charge >= 0.3 is 0 Å². The number of hydrogen-bond acceptors (Lipinski definition) is 1. The smallest absolute Gasteiger partial charge is 0.228 e. The molecule has 1 fully saturated rings. The Hall–Kier alpha value is -3.68. The van der Waals surface area contributed by atoms with Gasteiger partial charge in [0.25, 0.3) is 0 Å². The largest absolute Gasteiger partial charge is 0.339 e. The van der Waals surface area contributed by atoms with Gasteiger partial charge in [0.05, 0.1) is 11.3 Å². The maximum atomic E-state index is 14.8. The molecule has 0 bridgehead atoms. The van der Waals surface area contributed by atoms with Crippen molar-refractivity contribution in [2.75, 3.05) is 11.9 Å². The quantitative estimate of drug-likeness (QED) is 0.265. The third-order valence-electron chi connectivity index (χ3n) is 5.63. The average Bonchev–Trinajstić information content (AvgIpc) is 2.81. The monoisotopic (exact) mass is 468 g/mol. The van der Waals surface area contributed by atoms with Gasteiger partial charge in [0.1, 0.15) is 29.1 Å². The number of guanidine groups is 1. The van der Waals surface area contributed by atoms with E-state index in [1.807, 2.05) is 11.8 Å². The molecule has 0 aromatic heterocycles. The number of nitrogens with one attached hydrogen (secondary N) is 1. The molecule has 0 aliphatic carbocycles. The van der Waals surface area contributed by atoms with Gasteiger partial charge in [0.2, 0.25) is 5.96 Å². The van der Waals surface area contributed by atoms with E-state index < -0.39 is 23.3 Å². The Morgan fingerprint density at radius 3 is 2.09 bits per heavy atom. The van der Waals surface area contributed by atoms with Gasteiger partial charge in [0, 0.05) is 18.3 Å². The normalized spacial score (nSPS) is 17.1. The summed E-state index contributed by atoms with van der Waals surface area (Å²) in [5.41, 5.74) is 0.493. The van der Waals surface area contributed by atoms with Gasteiger partial charge in [-0.3, -0.25) is 0 Å². The Morgan fingerprint density at radius 2 is 1.47 bits per heavy atom. The fraction of sp³-hybridized carbons (Fsp3) is 0.231. The Kier molecular flexibility index (Phi) is 7.25. The van der Waals surface area contributed by atoms with E-state index in [2.05, 4.69) is 15.3 Å². The number of nitrogens with zero attached hydrogens (tertiary/aromatic N) is 3. The van der Waals surface area contributed by atoms with Crippen molar-refractivity contribution in [1.82, 2.24) is 4.90 Å². The van der Waals surface area contributed by atoms with Gasteiger partial charge in [-0.2, -0.15) is 4.99 Å². The molecule has 1 aliphatic rings. The van der Waals surface area contributed by atoms with Crippen LogP contribution < -0.4 is 5.32 Å². The predicted octanol–water partition coefficient (Wildman–Crippen LogP) is 6.66. The van der Waals surface area contributed by atoms with Crippen molar-refractivity contribution in [1.29, 1.82) is 0 Å². The molecule has 1 atom stereocenters. The van der Waals surface area contributed by atoms with Crippen molar-refractivity contribution in [3.63, 3.8) is 0 Å². The van der Waals surface area contributed by atoms with Crippen LogP contribution in [0.25, 0.3) is 0 Å². The molecule has 8 heteroatoms. The minimum absolute atomic E-state index is 0.0919. The van der Waals surface area contributed by atoms with Crippen molar-refractivity contribution >= 4 is 23.2 Å². The standard InChI is InChI=1S/C26H24F4N4/c1-17-5-2-3-16-34(17)26(32-21-14-10-19(28)11-15-21)33-25(24-22(29)6-4-7-23(24)30)31-20-12-8-18(27)9-13-20/h4,6-15,17H,2-3,5,16H2,1H3,(H,31,32,33). The van der Waals surface area contributed by atoms with Crippen molar-refractivity contribution in [3.05, 3.63) is 95.6 Å². The zero-order valence-corrected chi connectivity index (χ0v) is 18.6. The lowest BCUT2D eigenvalue weighted by molar-refractivity contribution is 0.256. The van der Waals surface area contributed by atoms with E-state index in [-0.39, 0.29) is 23.4 Å². The second kappa shape index (κ2) is 10.5. The molecule has 1 heterocycles. The van der Waals surface area contributed by atoms with E-state index in [4.69, 9.17) is 0 Å². The molecule has 0 radical (unpaired) electrons. The first-order valence-electron chi connectivity index (χ1n) is 11.1. The summed E-state index contributed by atoms with van der Waals surface area (Å²) in [6.07, 6.45) is 2.87. The van der Waals surface area contributed by atoms with E-state index >= 15 is 0 Å². The first-order valence-corrected chi connectivity index (χ1v) is 11.1. The van der Waals surface area contributed by atoms with Gasteiger partial charge in [-0.05, 0) is 86.8 Å². The zero-order valence-electron chi connectivity index (χ0n) is 18.6. The Morgan fingerprint density at radius 1 is 0.853 bits per heavy atom. The molecule has 4 rings (SSSR count). The number of benzene rings is 3. The number of piperidine rings is 1. The molecule has 4 nitrogen and oxygen atoms in total. The lowest BCUT2D eigenvalue weighted by Gasteiger charge is -2.34. The van der Waals surface area contributed by atoms with Gasteiger partial charge < -0.3 is 10.2 Å². The molecule has 0 saturated carbocycles. The first kappa shape index (κ1) is 23.5. The Bertz CT molecular complexity index is 1170. The highest BCUT2D eigenvalue weighted by Gasteiger charge is 2.24. The summed E-state index contributed by atoms with van der Waals surface area (Å²) in [4.78, 5) is 11.2. The molecular weight excluding hydrogens is 444 g/mol. The van der Waals surface area contributed by atoms with Crippen LogP contribution in [-0.2, 0) is 0 Å². The minimum atomic E-state index is -0.804. The molecule has 3 aromatic carbocycles. The predicted molar refractivity (Wildman–Crippen MR) is 126 cm³/mol. The maximum absolute atomic E-state index is 14.8. The number of hydrogen-bond donors (Lipinski definition) is 1. The van der Waals surface area contributed by atoms with Crippen LogP contribution in [0.5, 0.6) is 0 Å². The zero-order chi connectivity index (χ0) is 24.1. The molecule has 0 spiro atoms. The van der Waals surface area contributed by atoms with Crippen LogP contribution in [0.4, 0.5) is 28.9 Å². The van der Waals surface area contributed by atoms with Crippen LogP contribution in [0.2, 0.25) is 0 Å². The molecule has 1 aliphatic heterocycles. The molecule has 1 N–H and O–H groups in total. The third kappa shape index (κ3) is 5.62. The molecule has 0 amide bonds. The summed E-state index contributed by atoms with van der Waals surface area (Å²) >= 11 is 0. The van der Waals surface area contributed by atoms with E-state index in [0.29, 0.717) is 17.9 Å². The van der Waals surface area contributed by atoms with Gasteiger partial charge in [-0.1, -0.05) is 6.07 Å². The van der Waals surface area contributed by atoms with Gasteiger partial charge in [-0.15, -0.1) is 0 Å². The fourth-order valence-corrected chi connectivity index (χ4v) is 3.82. The molecular formula is C26H24F4N4. The van der Waals surface area contributed by atoms with E-state index in [1.165, 1.54) is 54.6 Å². The van der Waals surface area contributed by atoms with Crippen molar-refractivity contribution in [3.8, 4) is 0 Å². The Balaban J connectivity index is 1.85. The van der Waals surface area contributed by atoms with Gasteiger partial charge in [0.15, 0.2) is 0 Å². The second-order valence-electron chi connectivity index (χ2n) is 8.12. The number of amidine groups is 1. The highest BCUT2D eigenvalue weighted by atomic mass is 19.1.